The van der Waals surface area contributed by atoms with Crippen molar-refractivity contribution in [2.75, 3.05) is 18.0 Å². The van der Waals surface area contributed by atoms with Gasteiger partial charge in [-0.2, -0.15) is 0 Å². The van der Waals surface area contributed by atoms with Crippen LogP contribution in [-0.4, -0.2) is 30.1 Å². The Bertz CT molecular complexity index is 854. The first-order valence-corrected chi connectivity index (χ1v) is 12.7. The van der Waals surface area contributed by atoms with Crippen LogP contribution in [0.4, 0.5) is 5.69 Å². The van der Waals surface area contributed by atoms with Crippen LogP contribution in [0.5, 0.6) is 0 Å². The smallest absolute Gasteiger partial charge is 0.155 e. The molecule has 1 aromatic rings. The van der Waals surface area contributed by atoms with Crippen LogP contribution < -0.4 is 4.90 Å². The average molecular weight is 422 g/mol. The number of rotatable bonds is 4. The normalized spacial score (nSPS) is 39.4. The maximum absolute atomic E-state index is 12.2. The molecule has 0 bridgehead atoms. The van der Waals surface area contributed by atoms with Gasteiger partial charge in [0, 0.05) is 25.2 Å². The Hall–Kier alpha value is -1.61. The average Bonchev–Trinajstić information content (AvgIpc) is 3.08. The fraction of sp³-hybridized carbons (Fsp3) is 0.679. The quantitative estimate of drug-likeness (QED) is 0.675. The predicted molar refractivity (Wildman–Crippen MR) is 126 cm³/mol. The van der Waals surface area contributed by atoms with E-state index in [0.29, 0.717) is 35.4 Å². The second-order valence-electron chi connectivity index (χ2n) is 10.9. The summed E-state index contributed by atoms with van der Waals surface area (Å²) >= 11 is 0. The molecule has 0 saturated heterocycles. The molecule has 2 unspecified atom stereocenters. The number of fused-ring (bicyclic) bond motifs is 5. The SMILES string of the molecule is CCN(CC)c1ccc([C@H]2CC3(C)C(O)CC[C@H]3[C@@H]3CCC4=CC(=O)CC[C@@H]4[C@H]32)cc1. The number of ketones is 1. The van der Waals surface area contributed by atoms with Gasteiger partial charge in [-0.1, -0.05) is 24.6 Å². The second-order valence-corrected chi connectivity index (χ2v) is 10.9. The Balaban J connectivity index is 1.53. The zero-order valence-electron chi connectivity index (χ0n) is 19.5. The largest absolute Gasteiger partial charge is 0.393 e. The van der Waals surface area contributed by atoms with Crippen LogP contribution >= 0.6 is 0 Å². The number of benzene rings is 1. The first-order chi connectivity index (χ1) is 15.0. The van der Waals surface area contributed by atoms with E-state index in [1.165, 1.54) is 29.7 Å². The molecule has 7 atom stereocenters. The number of nitrogens with zero attached hydrogens (tertiary/aromatic N) is 1. The Kier molecular flexibility index (Phi) is 5.53. The number of aliphatic hydroxyl groups is 1. The highest BCUT2D eigenvalue weighted by Gasteiger charge is 2.59. The van der Waals surface area contributed by atoms with Gasteiger partial charge in [-0.05, 0) is 111 Å². The minimum atomic E-state index is -0.166. The van der Waals surface area contributed by atoms with E-state index in [9.17, 15) is 9.90 Å². The molecule has 0 spiro atoms. The molecule has 3 fully saturated rings. The van der Waals surface area contributed by atoms with E-state index >= 15 is 0 Å². The molecule has 4 aliphatic rings. The number of hydrogen-bond donors (Lipinski definition) is 1. The number of aliphatic hydroxyl groups excluding tert-OH is 1. The zero-order valence-corrected chi connectivity index (χ0v) is 19.5. The molecule has 3 nitrogen and oxygen atoms in total. The monoisotopic (exact) mass is 421 g/mol. The van der Waals surface area contributed by atoms with Crippen molar-refractivity contribution in [3.63, 3.8) is 0 Å². The highest BCUT2D eigenvalue weighted by molar-refractivity contribution is 5.91. The minimum Gasteiger partial charge on any atom is -0.393 e. The summed E-state index contributed by atoms with van der Waals surface area (Å²) in [6.45, 7) is 8.86. The third kappa shape index (κ3) is 3.39. The number of carbonyl (C=O) groups excluding carboxylic acids is 1. The molecule has 0 aromatic heterocycles. The van der Waals surface area contributed by atoms with Crippen molar-refractivity contribution in [3.8, 4) is 0 Å². The van der Waals surface area contributed by atoms with Gasteiger partial charge >= 0.3 is 0 Å². The molecule has 1 N–H and O–H groups in total. The van der Waals surface area contributed by atoms with Crippen LogP contribution in [0.2, 0.25) is 0 Å². The van der Waals surface area contributed by atoms with Crippen LogP contribution in [0, 0.1) is 29.1 Å². The van der Waals surface area contributed by atoms with Gasteiger partial charge in [0.1, 0.15) is 0 Å². The second kappa shape index (κ2) is 8.06. The van der Waals surface area contributed by atoms with Gasteiger partial charge in [-0.15, -0.1) is 0 Å². The van der Waals surface area contributed by atoms with Crippen LogP contribution in [0.25, 0.3) is 0 Å². The van der Waals surface area contributed by atoms with E-state index in [0.717, 1.165) is 45.2 Å². The predicted octanol–water partition coefficient (Wildman–Crippen LogP) is 5.73. The van der Waals surface area contributed by atoms with Gasteiger partial charge in [0.15, 0.2) is 5.78 Å². The van der Waals surface area contributed by atoms with Crippen LogP contribution in [0.1, 0.15) is 77.2 Å². The van der Waals surface area contributed by atoms with Gasteiger partial charge < -0.3 is 10.0 Å². The highest BCUT2D eigenvalue weighted by atomic mass is 16.3. The third-order valence-corrected chi connectivity index (χ3v) is 9.70. The van der Waals surface area contributed by atoms with E-state index < -0.39 is 0 Å². The zero-order chi connectivity index (χ0) is 21.8. The summed E-state index contributed by atoms with van der Waals surface area (Å²) in [5, 5.41) is 11.0. The molecule has 4 aliphatic carbocycles. The van der Waals surface area contributed by atoms with Gasteiger partial charge in [0.25, 0.3) is 0 Å². The van der Waals surface area contributed by atoms with Gasteiger partial charge in [-0.3, -0.25) is 4.79 Å². The lowest BCUT2D eigenvalue weighted by Gasteiger charge is -2.57. The Labute approximate surface area is 187 Å². The Morgan fingerprint density at radius 2 is 1.74 bits per heavy atom. The number of anilines is 1. The summed E-state index contributed by atoms with van der Waals surface area (Å²) in [6.07, 6.45) is 9.10. The number of hydrogen-bond acceptors (Lipinski definition) is 3. The van der Waals surface area contributed by atoms with Crippen LogP contribution in [-0.2, 0) is 4.79 Å². The lowest BCUT2D eigenvalue weighted by molar-refractivity contribution is -0.116. The Morgan fingerprint density at radius 1 is 1.00 bits per heavy atom. The van der Waals surface area contributed by atoms with Crippen molar-refractivity contribution in [3.05, 3.63) is 41.5 Å². The molecular weight excluding hydrogens is 382 g/mol. The molecule has 1 aromatic carbocycles. The highest BCUT2D eigenvalue weighted by Crippen LogP contribution is 2.65. The van der Waals surface area contributed by atoms with E-state index in [-0.39, 0.29) is 11.5 Å². The lowest BCUT2D eigenvalue weighted by atomic mass is 9.48. The standard InChI is InChI=1S/C28H39NO2/c1-4-29(5-2)20-9-6-18(7-10-20)24-17-28(3)25(14-15-26(28)31)23-12-8-19-16-21(30)11-13-22(19)27(23)24/h6-7,9-10,16,22-27,31H,4-5,8,11-15,17H2,1-3H3/t22-,23-,24+,25-,26?,27+,28?/m0/s1. The topological polar surface area (TPSA) is 40.5 Å². The van der Waals surface area contributed by atoms with E-state index in [1.807, 2.05) is 6.08 Å². The third-order valence-electron chi connectivity index (χ3n) is 9.70. The lowest BCUT2D eigenvalue weighted by Crippen LogP contribution is -2.50. The summed E-state index contributed by atoms with van der Waals surface area (Å²) in [5.41, 5.74) is 4.22. The van der Waals surface area contributed by atoms with Gasteiger partial charge in [0.2, 0.25) is 0 Å². The summed E-state index contributed by atoms with van der Waals surface area (Å²) in [5.74, 6) is 3.31. The summed E-state index contributed by atoms with van der Waals surface area (Å²) in [4.78, 5) is 14.6. The van der Waals surface area contributed by atoms with E-state index in [1.54, 1.807) is 0 Å². The Morgan fingerprint density at radius 3 is 2.45 bits per heavy atom. The molecule has 3 heteroatoms. The van der Waals surface area contributed by atoms with E-state index in [4.69, 9.17) is 0 Å². The van der Waals surface area contributed by atoms with Crippen molar-refractivity contribution in [2.24, 2.45) is 29.1 Å². The molecule has 0 aliphatic heterocycles. The number of allylic oxidation sites excluding steroid dienone is 1. The molecular formula is C28H39NO2. The summed E-state index contributed by atoms with van der Waals surface area (Å²) in [6, 6.07) is 9.35. The van der Waals surface area contributed by atoms with Gasteiger partial charge in [-0.25, -0.2) is 0 Å². The first-order valence-electron chi connectivity index (χ1n) is 12.7. The molecule has 3 saturated carbocycles. The molecule has 0 radical (unpaired) electrons. The van der Waals surface area contributed by atoms with E-state index in [2.05, 4.69) is 49.9 Å². The fourth-order valence-corrected chi connectivity index (χ4v) is 8.14. The first kappa shape index (κ1) is 21.2. The molecule has 0 amide bonds. The van der Waals surface area contributed by atoms with Crippen LogP contribution in [0.15, 0.2) is 35.9 Å². The van der Waals surface area contributed by atoms with Crippen molar-refractivity contribution in [1.29, 1.82) is 0 Å². The molecule has 31 heavy (non-hydrogen) atoms. The van der Waals surface area contributed by atoms with Gasteiger partial charge in [0.05, 0.1) is 6.10 Å². The van der Waals surface area contributed by atoms with Crippen molar-refractivity contribution in [1.82, 2.24) is 0 Å². The van der Waals surface area contributed by atoms with Crippen molar-refractivity contribution < 1.29 is 9.90 Å². The summed E-state index contributed by atoms with van der Waals surface area (Å²) in [7, 11) is 0. The summed E-state index contributed by atoms with van der Waals surface area (Å²) < 4.78 is 0. The molecule has 168 valence electrons. The maximum Gasteiger partial charge on any atom is 0.155 e. The van der Waals surface area contributed by atoms with Crippen LogP contribution in [0.3, 0.4) is 0 Å². The number of carbonyl (C=O) groups is 1. The van der Waals surface area contributed by atoms with Crippen molar-refractivity contribution >= 4 is 11.5 Å². The fourth-order valence-electron chi connectivity index (χ4n) is 8.14. The molecule has 5 rings (SSSR count). The maximum atomic E-state index is 12.2. The van der Waals surface area contributed by atoms with Crippen molar-refractivity contribution in [2.45, 2.75) is 77.7 Å². The minimum absolute atomic E-state index is 0.0368. The molecule has 0 heterocycles.